The molecule has 1 aromatic rings. The summed E-state index contributed by atoms with van der Waals surface area (Å²) >= 11 is 0. The van der Waals surface area contributed by atoms with E-state index in [0.29, 0.717) is 30.8 Å². The molecule has 1 heterocycles. The molecule has 19 heavy (non-hydrogen) atoms. The van der Waals surface area contributed by atoms with Crippen molar-refractivity contribution in [2.24, 2.45) is 5.73 Å². The number of hydrogen-bond donors (Lipinski definition) is 2. The molecule has 0 radical (unpaired) electrons. The summed E-state index contributed by atoms with van der Waals surface area (Å²) in [6.07, 6.45) is 1.03. The predicted molar refractivity (Wildman–Crippen MR) is 73.4 cm³/mol. The first kappa shape index (κ1) is 13.9. The van der Waals surface area contributed by atoms with E-state index in [1.165, 1.54) is 0 Å². The van der Waals surface area contributed by atoms with Crippen molar-refractivity contribution in [2.75, 3.05) is 6.61 Å². The van der Waals surface area contributed by atoms with Crippen LogP contribution in [0.2, 0.25) is 0 Å². The van der Waals surface area contributed by atoms with Crippen LogP contribution >= 0.6 is 0 Å². The molecular formula is C15H21NO3. The number of aliphatic carboxylic acids is 1. The van der Waals surface area contributed by atoms with Gasteiger partial charge in [0, 0.05) is 5.56 Å². The molecule has 4 nitrogen and oxygen atoms in total. The molecule has 0 aliphatic carbocycles. The highest BCUT2D eigenvalue weighted by atomic mass is 16.5. The molecule has 0 fully saturated rings. The van der Waals surface area contributed by atoms with Gasteiger partial charge in [-0.3, -0.25) is 0 Å². The third-order valence-corrected chi connectivity index (χ3v) is 3.68. The van der Waals surface area contributed by atoms with Gasteiger partial charge < -0.3 is 15.6 Å². The first-order valence-electron chi connectivity index (χ1n) is 6.55. The quantitative estimate of drug-likeness (QED) is 0.816. The van der Waals surface area contributed by atoms with Crippen LogP contribution in [-0.2, 0) is 15.7 Å². The number of ether oxygens (including phenoxy) is 1. The molecule has 0 saturated heterocycles. The van der Waals surface area contributed by atoms with Crippen LogP contribution in [0.25, 0.3) is 0 Å². The molecular weight excluding hydrogens is 242 g/mol. The third-order valence-electron chi connectivity index (χ3n) is 3.68. The Labute approximate surface area is 113 Å². The van der Waals surface area contributed by atoms with E-state index in [0.717, 1.165) is 5.56 Å². The standard InChI is InChI=1S/C15H21NO3/c1-14(2,3)10-5-6-12-11(9-10)15(16,13(17)18)7-4-8-19-12/h5-6,9H,4,7-8,16H2,1-3H3,(H,17,18). The molecule has 1 aromatic carbocycles. The zero-order valence-electron chi connectivity index (χ0n) is 11.7. The zero-order chi connectivity index (χ0) is 14.3. The van der Waals surface area contributed by atoms with E-state index in [4.69, 9.17) is 10.5 Å². The van der Waals surface area contributed by atoms with E-state index in [1.54, 1.807) is 0 Å². The van der Waals surface area contributed by atoms with Crippen LogP contribution in [0.1, 0.15) is 44.7 Å². The number of fused-ring (bicyclic) bond motifs is 1. The molecule has 1 atom stereocenters. The Morgan fingerprint density at radius 3 is 2.68 bits per heavy atom. The smallest absolute Gasteiger partial charge is 0.328 e. The largest absolute Gasteiger partial charge is 0.493 e. The minimum absolute atomic E-state index is 0.0548. The van der Waals surface area contributed by atoms with E-state index >= 15 is 0 Å². The van der Waals surface area contributed by atoms with Crippen LogP contribution in [0.15, 0.2) is 18.2 Å². The monoisotopic (exact) mass is 263 g/mol. The topological polar surface area (TPSA) is 72.6 Å². The molecule has 0 aromatic heterocycles. The van der Waals surface area contributed by atoms with Crippen molar-refractivity contribution in [3.05, 3.63) is 29.3 Å². The normalized spacial score (nSPS) is 23.2. The van der Waals surface area contributed by atoms with Crippen molar-refractivity contribution in [1.82, 2.24) is 0 Å². The average Bonchev–Trinajstić information content (AvgIpc) is 2.48. The summed E-state index contributed by atoms with van der Waals surface area (Å²) in [5.74, 6) is -0.402. The van der Waals surface area contributed by atoms with Gasteiger partial charge in [-0.2, -0.15) is 0 Å². The number of carboxylic acid groups (broad SMARTS) is 1. The molecule has 4 heteroatoms. The number of nitrogens with two attached hydrogens (primary N) is 1. The zero-order valence-corrected chi connectivity index (χ0v) is 11.7. The third kappa shape index (κ3) is 2.45. The van der Waals surface area contributed by atoms with E-state index < -0.39 is 11.5 Å². The van der Waals surface area contributed by atoms with Gasteiger partial charge in [0.05, 0.1) is 6.61 Å². The van der Waals surface area contributed by atoms with Crippen LogP contribution in [0.5, 0.6) is 5.75 Å². The van der Waals surface area contributed by atoms with Gasteiger partial charge in [0.2, 0.25) is 0 Å². The first-order chi connectivity index (χ1) is 8.75. The Hall–Kier alpha value is -1.55. The van der Waals surface area contributed by atoms with Gasteiger partial charge in [0.1, 0.15) is 11.3 Å². The molecule has 2 rings (SSSR count). The minimum atomic E-state index is -1.35. The Morgan fingerprint density at radius 1 is 1.42 bits per heavy atom. The molecule has 1 unspecified atom stereocenters. The second-order valence-electron chi connectivity index (χ2n) is 6.19. The predicted octanol–water partition coefficient (Wildman–Crippen LogP) is 2.40. The maximum atomic E-state index is 11.6. The number of carbonyl (C=O) groups is 1. The molecule has 3 N–H and O–H groups in total. The van der Waals surface area contributed by atoms with Gasteiger partial charge in [0.15, 0.2) is 0 Å². The maximum absolute atomic E-state index is 11.6. The fourth-order valence-electron chi connectivity index (χ4n) is 2.36. The van der Waals surface area contributed by atoms with Gasteiger partial charge in [-0.05, 0) is 36.0 Å². The summed E-state index contributed by atoms with van der Waals surface area (Å²) < 4.78 is 5.62. The summed E-state index contributed by atoms with van der Waals surface area (Å²) in [6.45, 7) is 6.77. The van der Waals surface area contributed by atoms with Crippen LogP contribution in [0.3, 0.4) is 0 Å². The second-order valence-corrected chi connectivity index (χ2v) is 6.19. The number of benzene rings is 1. The lowest BCUT2D eigenvalue weighted by Gasteiger charge is -2.27. The Bertz CT molecular complexity index is 505. The summed E-state index contributed by atoms with van der Waals surface area (Å²) in [7, 11) is 0. The van der Waals surface area contributed by atoms with Crippen molar-refractivity contribution in [2.45, 2.75) is 44.6 Å². The number of rotatable bonds is 1. The highest BCUT2D eigenvalue weighted by molar-refractivity contribution is 5.82. The number of carboxylic acids is 1. The van der Waals surface area contributed by atoms with Gasteiger partial charge in [-0.25, -0.2) is 4.79 Å². The van der Waals surface area contributed by atoms with Crippen LogP contribution < -0.4 is 10.5 Å². The van der Waals surface area contributed by atoms with Crippen molar-refractivity contribution in [1.29, 1.82) is 0 Å². The molecule has 104 valence electrons. The molecule has 0 saturated carbocycles. The van der Waals surface area contributed by atoms with Gasteiger partial charge in [-0.1, -0.05) is 26.8 Å². The van der Waals surface area contributed by atoms with E-state index in [-0.39, 0.29) is 5.41 Å². The Morgan fingerprint density at radius 2 is 2.11 bits per heavy atom. The molecule has 0 bridgehead atoms. The molecule has 0 spiro atoms. The maximum Gasteiger partial charge on any atom is 0.328 e. The van der Waals surface area contributed by atoms with Crippen LogP contribution in [0, 0.1) is 0 Å². The van der Waals surface area contributed by atoms with Crippen LogP contribution in [0.4, 0.5) is 0 Å². The van der Waals surface area contributed by atoms with Crippen molar-refractivity contribution in [3.63, 3.8) is 0 Å². The van der Waals surface area contributed by atoms with Gasteiger partial charge >= 0.3 is 5.97 Å². The lowest BCUT2D eigenvalue weighted by Crippen LogP contribution is -2.44. The molecule has 0 amide bonds. The average molecular weight is 263 g/mol. The highest BCUT2D eigenvalue weighted by Crippen LogP contribution is 2.37. The highest BCUT2D eigenvalue weighted by Gasteiger charge is 2.40. The van der Waals surface area contributed by atoms with E-state index in [1.807, 2.05) is 18.2 Å². The molecule has 1 aliphatic rings. The van der Waals surface area contributed by atoms with E-state index in [2.05, 4.69) is 20.8 Å². The first-order valence-corrected chi connectivity index (χ1v) is 6.55. The Balaban J connectivity index is 2.61. The summed E-state index contributed by atoms with van der Waals surface area (Å²) in [5.41, 5.74) is 6.39. The summed E-state index contributed by atoms with van der Waals surface area (Å²) in [5, 5.41) is 9.48. The van der Waals surface area contributed by atoms with E-state index in [9.17, 15) is 9.90 Å². The number of hydrogen-bond acceptors (Lipinski definition) is 3. The van der Waals surface area contributed by atoms with Gasteiger partial charge in [0.25, 0.3) is 0 Å². The van der Waals surface area contributed by atoms with Gasteiger partial charge in [-0.15, -0.1) is 0 Å². The lowest BCUT2D eigenvalue weighted by molar-refractivity contribution is -0.144. The van der Waals surface area contributed by atoms with Crippen molar-refractivity contribution in [3.8, 4) is 5.75 Å². The van der Waals surface area contributed by atoms with Crippen LogP contribution in [-0.4, -0.2) is 17.7 Å². The minimum Gasteiger partial charge on any atom is -0.493 e. The second kappa shape index (κ2) is 4.53. The fourth-order valence-corrected chi connectivity index (χ4v) is 2.36. The molecule has 1 aliphatic heterocycles. The fraction of sp³-hybridized carbons (Fsp3) is 0.533. The van der Waals surface area contributed by atoms with Crippen molar-refractivity contribution >= 4 is 5.97 Å². The lowest BCUT2D eigenvalue weighted by atomic mass is 9.80. The van der Waals surface area contributed by atoms with Crippen molar-refractivity contribution < 1.29 is 14.6 Å². The Kier molecular flexibility index (Phi) is 3.31. The summed E-state index contributed by atoms with van der Waals surface area (Å²) in [4.78, 5) is 11.6. The summed E-state index contributed by atoms with van der Waals surface area (Å²) in [6, 6.07) is 5.70. The SMILES string of the molecule is CC(C)(C)c1ccc2c(c1)C(N)(C(=O)O)CCCO2.